The van der Waals surface area contributed by atoms with Crippen LogP contribution in [0.15, 0.2) is 18.2 Å². The summed E-state index contributed by atoms with van der Waals surface area (Å²) in [4.78, 5) is 0. The van der Waals surface area contributed by atoms with Crippen LogP contribution in [-0.4, -0.2) is 13.2 Å². The molecule has 4 rings (SSSR count). The molecule has 4 atom stereocenters. The van der Waals surface area contributed by atoms with Gasteiger partial charge in [-0.1, -0.05) is 19.4 Å². The zero-order valence-electron chi connectivity index (χ0n) is 13.1. The third kappa shape index (κ3) is 2.59. The molecule has 0 aromatic heterocycles. The summed E-state index contributed by atoms with van der Waals surface area (Å²) in [6.07, 6.45) is 8.25. The van der Waals surface area contributed by atoms with Crippen molar-refractivity contribution in [2.24, 2.45) is 17.8 Å². The highest BCUT2D eigenvalue weighted by Crippen LogP contribution is 2.48. The molecule has 0 radical (unpaired) electrons. The standard InChI is InChI=1S/C19H27NO/c1-2-20-19-8-5-15-11-17(6-7-18(15)19)21-12-16-10-13-3-4-14(16)9-13/h6-7,11,13-14,16,19-20H,2-5,8-10,12H2,1H3. The Morgan fingerprint density at radius 3 is 2.90 bits per heavy atom. The van der Waals surface area contributed by atoms with Crippen LogP contribution in [0.1, 0.15) is 56.2 Å². The highest BCUT2D eigenvalue weighted by molar-refractivity contribution is 5.40. The van der Waals surface area contributed by atoms with E-state index >= 15 is 0 Å². The lowest BCUT2D eigenvalue weighted by Gasteiger charge is -2.22. The van der Waals surface area contributed by atoms with Crippen LogP contribution in [0.3, 0.4) is 0 Å². The van der Waals surface area contributed by atoms with Crippen molar-refractivity contribution in [1.82, 2.24) is 5.32 Å². The fourth-order valence-electron chi connectivity index (χ4n) is 4.93. The van der Waals surface area contributed by atoms with Gasteiger partial charge >= 0.3 is 0 Å². The lowest BCUT2D eigenvalue weighted by atomic mass is 9.89. The first-order valence-electron chi connectivity index (χ1n) is 8.82. The number of benzene rings is 1. The Morgan fingerprint density at radius 1 is 1.19 bits per heavy atom. The topological polar surface area (TPSA) is 21.3 Å². The summed E-state index contributed by atoms with van der Waals surface area (Å²) < 4.78 is 6.14. The monoisotopic (exact) mass is 285 g/mol. The molecule has 2 bridgehead atoms. The second kappa shape index (κ2) is 5.64. The van der Waals surface area contributed by atoms with E-state index in [4.69, 9.17) is 4.74 Å². The van der Waals surface area contributed by atoms with Gasteiger partial charge < -0.3 is 10.1 Å². The molecule has 0 spiro atoms. The summed E-state index contributed by atoms with van der Waals surface area (Å²) in [5, 5.41) is 3.57. The van der Waals surface area contributed by atoms with Crippen molar-refractivity contribution < 1.29 is 4.74 Å². The maximum atomic E-state index is 6.14. The molecule has 3 aliphatic carbocycles. The van der Waals surface area contributed by atoms with Gasteiger partial charge in [-0.15, -0.1) is 0 Å². The summed E-state index contributed by atoms with van der Waals surface area (Å²) in [6, 6.07) is 7.32. The molecule has 1 aromatic carbocycles. The molecule has 2 nitrogen and oxygen atoms in total. The Labute approximate surface area is 128 Å². The van der Waals surface area contributed by atoms with Gasteiger partial charge in [-0.3, -0.25) is 0 Å². The highest BCUT2D eigenvalue weighted by Gasteiger charge is 2.39. The molecule has 2 fully saturated rings. The van der Waals surface area contributed by atoms with Gasteiger partial charge in [0.1, 0.15) is 5.75 Å². The summed E-state index contributed by atoms with van der Waals surface area (Å²) in [6.45, 7) is 4.17. The SMILES string of the molecule is CCNC1CCc2cc(OCC3CC4CCC3C4)ccc21. The highest BCUT2D eigenvalue weighted by atomic mass is 16.5. The van der Waals surface area contributed by atoms with Crippen molar-refractivity contribution in [3.63, 3.8) is 0 Å². The number of rotatable bonds is 5. The van der Waals surface area contributed by atoms with Crippen molar-refractivity contribution in [3.8, 4) is 5.75 Å². The van der Waals surface area contributed by atoms with Gasteiger partial charge in [0.15, 0.2) is 0 Å². The fourth-order valence-corrected chi connectivity index (χ4v) is 4.93. The molecule has 0 saturated heterocycles. The largest absolute Gasteiger partial charge is 0.493 e. The Hall–Kier alpha value is -1.02. The molecule has 21 heavy (non-hydrogen) atoms. The van der Waals surface area contributed by atoms with Gasteiger partial charge in [0, 0.05) is 6.04 Å². The molecule has 1 aromatic rings. The molecule has 1 N–H and O–H groups in total. The predicted molar refractivity (Wildman–Crippen MR) is 85.6 cm³/mol. The van der Waals surface area contributed by atoms with E-state index in [1.807, 2.05) is 0 Å². The molecule has 3 aliphatic rings. The third-order valence-electron chi connectivity index (χ3n) is 5.99. The molecule has 114 valence electrons. The molecular weight excluding hydrogens is 258 g/mol. The van der Waals surface area contributed by atoms with Crippen LogP contribution < -0.4 is 10.1 Å². The molecule has 0 aliphatic heterocycles. The fraction of sp³-hybridized carbons (Fsp3) is 0.684. The summed E-state index contributed by atoms with van der Waals surface area (Å²) >= 11 is 0. The van der Waals surface area contributed by atoms with E-state index in [9.17, 15) is 0 Å². The van der Waals surface area contributed by atoms with Crippen LogP contribution in [0, 0.1) is 17.8 Å². The number of hydrogen-bond donors (Lipinski definition) is 1. The van der Waals surface area contributed by atoms with Crippen molar-refractivity contribution in [3.05, 3.63) is 29.3 Å². The average Bonchev–Trinajstić information content (AvgIpc) is 3.21. The minimum atomic E-state index is 0.560. The van der Waals surface area contributed by atoms with E-state index in [-0.39, 0.29) is 0 Å². The number of aryl methyl sites for hydroxylation is 1. The zero-order valence-corrected chi connectivity index (χ0v) is 13.1. The number of hydrogen-bond acceptors (Lipinski definition) is 2. The first kappa shape index (κ1) is 13.6. The predicted octanol–water partition coefficient (Wildman–Crippen LogP) is 4.10. The Kier molecular flexibility index (Phi) is 3.66. The number of nitrogens with one attached hydrogen (secondary N) is 1. The average molecular weight is 285 g/mol. The van der Waals surface area contributed by atoms with E-state index in [1.54, 1.807) is 0 Å². The summed E-state index contributed by atoms with van der Waals surface area (Å²) in [7, 11) is 0. The van der Waals surface area contributed by atoms with Crippen LogP contribution in [0.2, 0.25) is 0 Å². The number of ether oxygens (including phenoxy) is 1. The van der Waals surface area contributed by atoms with E-state index in [1.165, 1.54) is 49.7 Å². The molecule has 0 amide bonds. The van der Waals surface area contributed by atoms with Crippen LogP contribution in [0.5, 0.6) is 5.75 Å². The van der Waals surface area contributed by atoms with Gasteiger partial charge in [0.05, 0.1) is 6.61 Å². The Balaban J connectivity index is 1.38. The first-order chi connectivity index (χ1) is 10.3. The van der Waals surface area contributed by atoms with Crippen molar-refractivity contribution in [1.29, 1.82) is 0 Å². The van der Waals surface area contributed by atoms with Crippen molar-refractivity contribution >= 4 is 0 Å². The van der Waals surface area contributed by atoms with Crippen LogP contribution in [0.25, 0.3) is 0 Å². The van der Waals surface area contributed by atoms with E-state index < -0.39 is 0 Å². The van der Waals surface area contributed by atoms with E-state index in [0.717, 1.165) is 36.7 Å². The second-order valence-corrected chi connectivity index (χ2v) is 7.26. The quantitative estimate of drug-likeness (QED) is 0.879. The molecule has 2 saturated carbocycles. The van der Waals surface area contributed by atoms with Crippen LogP contribution in [-0.2, 0) is 6.42 Å². The van der Waals surface area contributed by atoms with Crippen LogP contribution in [0.4, 0.5) is 0 Å². The maximum Gasteiger partial charge on any atom is 0.119 e. The maximum absolute atomic E-state index is 6.14. The summed E-state index contributed by atoms with van der Waals surface area (Å²) in [5.41, 5.74) is 2.98. The molecule has 2 heteroatoms. The smallest absolute Gasteiger partial charge is 0.119 e. The normalized spacial score (nSPS) is 33.4. The van der Waals surface area contributed by atoms with Gasteiger partial charge in [-0.25, -0.2) is 0 Å². The molecule has 4 unspecified atom stereocenters. The second-order valence-electron chi connectivity index (χ2n) is 7.26. The third-order valence-corrected chi connectivity index (χ3v) is 5.99. The van der Waals surface area contributed by atoms with Gasteiger partial charge in [0.25, 0.3) is 0 Å². The van der Waals surface area contributed by atoms with Gasteiger partial charge in [0.2, 0.25) is 0 Å². The summed E-state index contributed by atoms with van der Waals surface area (Å²) in [5.74, 6) is 3.90. The van der Waals surface area contributed by atoms with E-state index in [0.29, 0.717) is 6.04 Å². The van der Waals surface area contributed by atoms with Gasteiger partial charge in [-0.05, 0) is 79.7 Å². The van der Waals surface area contributed by atoms with Crippen LogP contribution >= 0.6 is 0 Å². The van der Waals surface area contributed by atoms with Crippen molar-refractivity contribution in [2.75, 3.05) is 13.2 Å². The minimum Gasteiger partial charge on any atom is -0.493 e. The molecule has 0 heterocycles. The number of fused-ring (bicyclic) bond motifs is 3. The van der Waals surface area contributed by atoms with Gasteiger partial charge in [-0.2, -0.15) is 0 Å². The lowest BCUT2D eigenvalue weighted by Crippen LogP contribution is -2.19. The Morgan fingerprint density at radius 2 is 2.14 bits per heavy atom. The lowest BCUT2D eigenvalue weighted by molar-refractivity contribution is 0.195. The first-order valence-corrected chi connectivity index (χ1v) is 8.82. The molecular formula is C19H27NO. The Bertz CT molecular complexity index is 512. The zero-order chi connectivity index (χ0) is 14.2. The van der Waals surface area contributed by atoms with E-state index in [2.05, 4.69) is 30.4 Å². The van der Waals surface area contributed by atoms with Crippen molar-refractivity contribution in [2.45, 2.75) is 51.5 Å². The minimum absolute atomic E-state index is 0.560.